The standard InChI is InChI=1S/C11H14ClN3OS/c1-7-3-4-15(6-9(7)16-2)11-8(5-13)10(12)14-17-11/h7,9H,3-4,6H2,1-2H3. The highest BCUT2D eigenvalue weighted by Crippen LogP contribution is 2.34. The average Bonchev–Trinajstić information content (AvgIpc) is 2.71. The Labute approximate surface area is 110 Å². The van der Waals surface area contributed by atoms with Crippen molar-refractivity contribution in [1.29, 1.82) is 5.26 Å². The van der Waals surface area contributed by atoms with E-state index >= 15 is 0 Å². The van der Waals surface area contributed by atoms with Crippen molar-refractivity contribution >= 4 is 28.1 Å². The Morgan fingerprint density at radius 3 is 3.06 bits per heavy atom. The molecule has 0 radical (unpaired) electrons. The fourth-order valence-corrected chi connectivity index (χ4v) is 3.16. The number of nitrogens with zero attached hydrogens (tertiary/aromatic N) is 3. The maximum Gasteiger partial charge on any atom is 0.162 e. The monoisotopic (exact) mass is 271 g/mol. The van der Waals surface area contributed by atoms with Gasteiger partial charge in [-0.2, -0.15) is 9.64 Å². The Kier molecular flexibility index (Phi) is 3.87. The summed E-state index contributed by atoms with van der Waals surface area (Å²) < 4.78 is 9.50. The Morgan fingerprint density at radius 2 is 2.41 bits per heavy atom. The molecule has 2 atom stereocenters. The van der Waals surface area contributed by atoms with Gasteiger partial charge in [-0.3, -0.25) is 0 Å². The summed E-state index contributed by atoms with van der Waals surface area (Å²) in [4.78, 5) is 2.15. The molecule has 6 heteroatoms. The maximum atomic E-state index is 9.07. The predicted molar refractivity (Wildman–Crippen MR) is 68.6 cm³/mol. The van der Waals surface area contributed by atoms with Gasteiger partial charge in [-0.1, -0.05) is 18.5 Å². The number of anilines is 1. The molecular weight excluding hydrogens is 258 g/mol. The van der Waals surface area contributed by atoms with E-state index < -0.39 is 0 Å². The van der Waals surface area contributed by atoms with Crippen LogP contribution in [0.25, 0.3) is 0 Å². The summed E-state index contributed by atoms with van der Waals surface area (Å²) in [5.74, 6) is 0.546. The van der Waals surface area contributed by atoms with Gasteiger partial charge in [0, 0.05) is 20.2 Å². The highest BCUT2D eigenvalue weighted by atomic mass is 35.5. The smallest absolute Gasteiger partial charge is 0.162 e. The zero-order valence-electron chi connectivity index (χ0n) is 9.81. The van der Waals surface area contributed by atoms with E-state index in [2.05, 4.69) is 22.3 Å². The van der Waals surface area contributed by atoms with E-state index in [1.165, 1.54) is 11.5 Å². The SMILES string of the molecule is COC1CN(c2snc(Cl)c2C#N)CCC1C. The van der Waals surface area contributed by atoms with Gasteiger partial charge in [-0.25, -0.2) is 0 Å². The number of piperidine rings is 1. The molecule has 1 fully saturated rings. The molecule has 2 unspecified atom stereocenters. The minimum atomic E-state index is 0.205. The van der Waals surface area contributed by atoms with Gasteiger partial charge in [0.15, 0.2) is 5.15 Å². The number of nitriles is 1. The number of methoxy groups -OCH3 is 1. The minimum Gasteiger partial charge on any atom is -0.379 e. The lowest BCUT2D eigenvalue weighted by Gasteiger charge is -2.36. The first-order chi connectivity index (χ1) is 8.17. The van der Waals surface area contributed by atoms with Crippen LogP contribution in [0.15, 0.2) is 0 Å². The number of rotatable bonds is 2. The first kappa shape index (κ1) is 12.6. The third-order valence-corrected chi connectivity index (χ3v) is 4.51. The molecule has 0 N–H and O–H groups in total. The number of halogens is 1. The molecular formula is C11H14ClN3OS. The topological polar surface area (TPSA) is 49.1 Å². The summed E-state index contributed by atoms with van der Waals surface area (Å²) in [5.41, 5.74) is 0.487. The zero-order chi connectivity index (χ0) is 12.4. The van der Waals surface area contributed by atoms with Crippen molar-refractivity contribution in [2.45, 2.75) is 19.4 Å². The van der Waals surface area contributed by atoms with Crippen molar-refractivity contribution < 1.29 is 4.74 Å². The number of hydrogen-bond acceptors (Lipinski definition) is 5. The summed E-state index contributed by atoms with van der Waals surface area (Å²) >= 11 is 7.17. The van der Waals surface area contributed by atoms with E-state index in [4.69, 9.17) is 21.6 Å². The van der Waals surface area contributed by atoms with Crippen LogP contribution in [0.4, 0.5) is 5.00 Å². The molecule has 1 aliphatic heterocycles. The van der Waals surface area contributed by atoms with Crippen LogP contribution in [0.3, 0.4) is 0 Å². The van der Waals surface area contributed by atoms with E-state index in [0.29, 0.717) is 16.6 Å². The molecule has 0 saturated carbocycles. The summed E-state index contributed by atoms with van der Waals surface area (Å²) in [6, 6.07) is 2.12. The molecule has 4 nitrogen and oxygen atoms in total. The van der Waals surface area contributed by atoms with Crippen LogP contribution in [0.5, 0.6) is 0 Å². The molecule has 2 rings (SSSR count). The summed E-state index contributed by atoms with van der Waals surface area (Å²) in [6.07, 6.45) is 1.26. The van der Waals surface area contributed by atoms with Gasteiger partial charge in [0.05, 0.1) is 6.10 Å². The molecule has 1 aliphatic rings. The third kappa shape index (κ3) is 2.39. The van der Waals surface area contributed by atoms with E-state index in [9.17, 15) is 0 Å². The van der Waals surface area contributed by atoms with Crippen LogP contribution in [0, 0.1) is 17.2 Å². The molecule has 0 bridgehead atoms. The number of ether oxygens (including phenoxy) is 1. The van der Waals surface area contributed by atoms with Gasteiger partial charge >= 0.3 is 0 Å². The summed E-state index contributed by atoms with van der Waals surface area (Å²) in [6.45, 7) is 3.91. The van der Waals surface area contributed by atoms with Crippen LogP contribution in [-0.4, -0.2) is 30.7 Å². The molecule has 0 aliphatic carbocycles. The van der Waals surface area contributed by atoms with Gasteiger partial charge in [0.25, 0.3) is 0 Å². The van der Waals surface area contributed by atoms with E-state index in [-0.39, 0.29) is 6.10 Å². The number of aromatic nitrogens is 1. The second-order valence-electron chi connectivity index (χ2n) is 4.25. The third-order valence-electron chi connectivity index (χ3n) is 3.22. The van der Waals surface area contributed by atoms with Gasteiger partial charge in [0.2, 0.25) is 0 Å². The first-order valence-electron chi connectivity index (χ1n) is 5.50. The van der Waals surface area contributed by atoms with Crippen molar-refractivity contribution in [3.05, 3.63) is 10.7 Å². The zero-order valence-corrected chi connectivity index (χ0v) is 11.4. The first-order valence-corrected chi connectivity index (χ1v) is 6.65. The summed E-state index contributed by atoms with van der Waals surface area (Å²) in [7, 11) is 1.73. The van der Waals surface area contributed by atoms with Crippen LogP contribution < -0.4 is 4.90 Å². The molecule has 1 aromatic rings. The largest absolute Gasteiger partial charge is 0.379 e. The molecule has 92 valence electrons. The Hall–Kier alpha value is -0.830. The number of hydrogen-bond donors (Lipinski definition) is 0. The van der Waals surface area contributed by atoms with E-state index in [1.807, 2.05) is 0 Å². The lowest BCUT2D eigenvalue weighted by molar-refractivity contribution is 0.0500. The lowest BCUT2D eigenvalue weighted by Crippen LogP contribution is -2.43. The van der Waals surface area contributed by atoms with Crippen molar-refractivity contribution in [2.24, 2.45) is 5.92 Å². The van der Waals surface area contributed by atoms with Crippen LogP contribution in [-0.2, 0) is 4.74 Å². The second kappa shape index (κ2) is 5.21. The Morgan fingerprint density at radius 1 is 1.65 bits per heavy atom. The molecule has 0 amide bonds. The van der Waals surface area contributed by atoms with Crippen molar-refractivity contribution in [3.8, 4) is 6.07 Å². The molecule has 17 heavy (non-hydrogen) atoms. The minimum absolute atomic E-state index is 0.205. The predicted octanol–water partition coefficient (Wildman–Crippen LogP) is 2.53. The Bertz CT molecular complexity index is 442. The van der Waals surface area contributed by atoms with Crippen molar-refractivity contribution in [2.75, 3.05) is 25.1 Å². The fourth-order valence-electron chi connectivity index (χ4n) is 2.10. The summed E-state index contributed by atoms with van der Waals surface area (Å²) in [5, 5.41) is 10.2. The second-order valence-corrected chi connectivity index (χ2v) is 5.36. The Balaban J connectivity index is 2.21. The maximum absolute atomic E-state index is 9.07. The van der Waals surface area contributed by atoms with Crippen LogP contribution >= 0.6 is 23.1 Å². The van der Waals surface area contributed by atoms with Gasteiger partial charge in [-0.15, -0.1) is 0 Å². The lowest BCUT2D eigenvalue weighted by atomic mass is 9.96. The van der Waals surface area contributed by atoms with Gasteiger partial charge in [-0.05, 0) is 23.9 Å². The van der Waals surface area contributed by atoms with Gasteiger partial charge < -0.3 is 9.64 Å². The van der Waals surface area contributed by atoms with Gasteiger partial charge in [0.1, 0.15) is 16.6 Å². The molecule has 2 heterocycles. The van der Waals surface area contributed by atoms with E-state index in [1.54, 1.807) is 7.11 Å². The normalized spacial score (nSPS) is 24.7. The van der Waals surface area contributed by atoms with Crippen molar-refractivity contribution in [3.63, 3.8) is 0 Å². The quantitative estimate of drug-likeness (QED) is 0.829. The molecule has 1 saturated heterocycles. The van der Waals surface area contributed by atoms with Crippen LogP contribution in [0.2, 0.25) is 5.15 Å². The average molecular weight is 272 g/mol. The van der Waals surface area contributed by atoms with Crippen molar-refractivity contribution in [1.82, 2.24) is 4.37 Å². The molecule has 0 aromatic carbocycles. The van der Waals surface area contributed by atoms with Crippen LogP contribution in [0.1, 0.15) is 18.9 Å². The highest BCUT2D eigenvalue weighted by molar-refractivity contribution is 7.10. The highest BCUT2D eigenvalue weighted by Gasteiger charge is 2.29. The fraction of sp³-hybridized carbons (Fsp3) is 0.636. The molecule has 0 spiro atoms. The molecule has 1 aromatic heterocycles. The van der Waals surface area contributed by atoms with E-state index in [0.717, 1.165) is 24.5 Å².